The molecule has 0 heterocycles. The normalized spacial score (nSPS) is 19.9. The first-order valence-electron chi connectivity index (χ1n) is 5.82. The second-order valence-corrected chi connectivity index (χ2v) is 5.05. The second-order valence-electron chi connectivity index (χ2n) is 5.05. The number of hydrogen-bond acceptors (Lipinski definition) is 2. The van der Waals surface area contributed by atoms with E-state index in [9.17, 15) is 4.79 Å². The molecular weight excluding hydrogens is 174 g/mol. The molecular formula is C12H23NO. The zero-order chi connectivity index (χ0) is 10.7. The standard InChI is InChI=1S/C12H23NO/c1-8(2)12(14)11(13-9(3)4)10-6-5-7-10/h8-11,13H,5-7H2,1-4H3/t11-/m0/s1. The number of hydrogen-bond donors (Lipinski definition) is 1. The third kappa shape index (κ3) is 2.81. The summed E-state index contributed by atoms with van der Waals surface area (Å²) in [6.45, 7) is 8.21. The van der Waals surface area contributed by atoms with E-state index in [-0.39, 0.29) is 12.0 Å². The first-order chi connectivity index (χ1) is 6.52. The van der Waals surface area contributed by atoms with Crippen molar-refractivity contribution >= 4 is 5.78 Å². The first-order valence-corrected chi connectivity index (χ1v) is 5.82. The molecule has 1 atom stereocenters. The van der Waals surface area contributed by atoms with E-state index < -0.39 is 0 Å². The van der Waals surface area contributed by atoms with Crippen molar-refractivity contribution in [2.24, 2.45) is 11.8 Å². The van der Waals surface area contributed by atoms with Crippen molar-refractivity contribution < 1.29 is 4.79 Å². The Morgan fingerprint density at radius 2 is 1.79 bits per heavy atom. The fourth-order valence-corrected chi connectivity index (χ4v) is 1.94. The highest BCUT2D eigenvalue weighted by Gasteiger charge is 2.33. The molecule has 1 aliphatic rings. The van der Waals surface area contributed by atoms with Gasteiger partial charge in [-0.15, -0.1) is 0 Å². The Morgan fingerprint density at radius 3 is 2.07 bits per heavy atom. The van der Waals surface area contributed by atoms with Crippen molar-refractivity contribution in [1.82, 2.24) is 5.32 Å². The third-order valence-electron chi connectivity index (χ3n) is 3.01. The van der Waals surface area contributed by atoms with Gasteiger partial charge in [-0.05, 0) is 18.8 Å². The second kappa shape index (κ2) is 4.92. The van der Waals surface area contributed by atoms with Crippen LogP contribution in [0.3, 0.4) is 0 Å². The lowest BCUT2D eigenvalue weighted by Crippen LogP contribution is -2.49. The van der Waals surface area contributed by atoms with E-state index >= 15 is 0 Å². The molecule has 0 aromatic carbocycles. The van der Waals surface area contributed by atoms with Crippen LogP contribution in [-0.4, -0.2) is 17.9 Å². The van der Waals surface area contributed by atoms with Crippen LogP contribution in [0.1, 0.15) is 47.0 Å². The summed E-state index contributed by atoms with van der Waals surface area (Å²) in [6.07, 6.45) is 3.75. The molecule has 0 aromatic heterocycles. The molecule has 0 aromatic rings. The zero-order valence-electron chi connectivity index (χ0n) is 9.84. The Hall–Kier alpha value is -0.370. The molecule has 2 nitrogen and oxygen atoms in total. The lowest BCUT2D eigenvalue weighted by Gasteiger charge is -2.35. The van der Waals surface area contributed by atoms with Gasteiger partial charge in [0.15, 0.2) is 5.78 Å². The number of ketones is 1. The van der Waals surface area contributed by atoms with E-state index in [1.165, 1.54) is 19.3 Å². The van der Waals surface area contributed by atoms with Crippen LogP contribution >= 0.6 is 0 Å². The largest absolute Gasteiger partial charge is 0.305 e. The van der Waals surface area contributed by atoms with Crippen molar-refractivity contribution in [3.63, 3.8) is 0 Å². The van der Waals surface area contributed by atoms with E-state index in [1.807, 2.05) is 13.8 Å². The van der Waals surface area contributed by atoms with E-state index in [4.69, 9.17) is 0 Å². The number of Topliss-reactive ketones (excluding diaryl/α,β-unsaturated/α-hetero) is 1. The molecule has 0 unspecified atom stereocenters. The maximum absolute atomic E-state index is 12.0. The highest BCUT2D eigenvalue weighted by Crippen LogP contribution is 2.31. The summed E-state index contributed by atoms with van der Waals surface area (Å²) in [6, 6.07) is 0.520. The molecule has 0 aliphatic heterocycles. The summed E-state index contributed by atoms with van der Waals surface area (Å²) in [5.41, 5.74) is 0. The molecule has 1 saturated carbocycles. The average Bonchev–Trinajstić information content (AvgIpc) is 1.97. The average molecular weight is 197 g/mol. The van der Waals surface area contributed by atoms with Gasteiger partial charge in [-0.25, -0.2) is 0 Å². The molecule has 0 saturated heterocycles. The zero-order valence-corrected chi connectivity index (χ0v) is 9.84. The van der Waals surface area contributed by atoms with Crippen LogP contribution < -0.4 is 5.32 Å². The molecule has 14 heavy (non-hydrogen) atoms. The SMILES string of the molecule is CC(C)N[C@H](C(=O)C(C)C)C1CCC1. The number of nitrogens with one attached hydrogen (secondary N) is 1. The summed E-state index contributed by atoms with van der Waals surface area (Å²) in [4.78, 5) is 12.0. The Balaban J connectivity index is 2.55. The summed E-state index contributed by atoms with van der Waals surface area (Å²) in [7, 11) is 0. The van der Waals surface area contributed by atoms with Gasteiger partial charge in [0, 0.05) is 12.0 Å². The van der Waals surface area contributed by atoms with Gasteiger partial charge in [0.05, 0.1) is 6.04 Å². The molecule has 1 N–H and O–H groups in total. The van der Waals surface area contributed by atoms with Crippen LogP contribution in [0.15, 0.2) is 0 Å². The maximum Gasteiger partial charge on any atom is 0.152 e. The maximum atomic E-state index is 12.0. The third-order valence-corrected chi connectivity index (χ3v) is 3.01. The van der Waals surface area contributed by atoms with Gasteiger partial charge in [-0.1, -0.05) is 34.1 Å². The van der Waals surface area contributed by atoms with Gasteiger partial charge in [0.2, 0.25) is 0 Å². The number of carbonyl (C=O) groups excluding carboxylic acids is 1. The highest BCUT2D eigenvalue weighted by atomic mass is 16.1. The molecule has 2 heteroatoms. The molecule has 1 aliphatic carbocycles. The first kappa shape index (κ1) is 11.7. The van der Waals surface area contributed by atoms with Crippen LogP contribution in [0.4, 0.5) is 0 Å². The summed E-state index contributed by atoms with van der Waals surface area (Å²) < 4.78 is 0. The van der Waals surface area contributed by atoms with Gasteiger partial charge < -0.3 is 5.32 Å². The van der Waals surface area contributed by atoms with Crippen molar-refractivity contribution in [2.45, 2.75) is 59.0 Å². The van der Waals surface area contributed by atoms with Gasteiger partial charge in [-0.2, -0.15) is 0 Å². The molecule has 82 valence electrons. The van der Waals surface area contributed by atoms with Crippen LogP contribution in [-0.2, 0) is 4.79 Å². The van der Waals surface area contributed by atoms with E-state index in [1.54, 1.807) is 0 Å². The molecule has 1 fully saturated rings. The van der Waals surface area contributed by atoms with E-state index in [0.29, 0.717) is 17.7 Å². The predicted molar refractivity (Wildman–Crippen MR) is 59.2 cm³/mol. The molecule has 0 amide bonds. The lowest BCUT2D eigenvalue weighted by atomic mass is 9.76. The van der Waals surface area contributed by atoms with Crippen molar-refractivity contribution in [2.75, 3.05) is 0 Å². The summed E-state index contributed by atoms with van der Waals surface area (Å²) >= 11 is 0. The van der Waals surface area contributed by atoms with E-state index in [2.05, 4.69) is 19.2 Å². The van der Waals surface area contributed by atoms with E-state index in [0.717, 1.165) is 0 Å². The minimum Gasteiger partial charge on any atom is -0.305 e. The molecule has 0 bridgehead atoms. The van der Waals surface area contributed by atoms with Crippen LogP contribution in [0, 0.1) is 11.8 Å². The van der Waals surface area contributed by atoms with Crippen LogP contribution in [0.25, 0.3) is 0 Å². The fraction of sp³-hybridized carbons (Fsp3) is 0.917. The fourth-order valence-electron chi connectivity index (χ4n) is 1.94. The molecule has 0 spiro atoms. The lowest BCUT2D eigenvalue weighted by molar-refractivity contribution is -0.126. The summed E-state index contributed by atoms with van der Waals surface area (Å²) in [5, 5.41) is 3.41. The minimum absolute atomic E-state index is 0.115. The predicted octanol–water partition coefficient (Wildman–Crippen LogP) is 2.38. The molecule has 0 radical (unpaired) electrons. The number of rotatable bonds is 5. The Labute approximate surface area is 87.5 Å². The van der Waals surface area contributed by atoms with Gasteiger partial charge in [0.25, 0.3) is 0 Å². The minimum atomic E-state index is 0.115. The topological polar surface area (TPSA) is 29.1 Å². The Morgan fingerprint density at radius 1 is 1.21 bits per heavy atom. The highest BCUT2D eigenvalue weighted by molar-refractivity contribution is 5.86. The summed E-state index contributed by atoms with van der Waals surface area (Å²) in [5.74, 6) is 1.16. The van der Waals surface area contributed by atoms with Crippen molar-refractivity contribution in [3.8, 4) is 0 Å². The van der Waals surface area contributed by atoms with Gasteiger partial charge >= 0.3 is 0 Å². The van der Waals surface area contributed by atoms with Crippen molar-refractivity contribution in [1.29, 1.82) is 0 Å². The van der Waals surface area contributed by atoms with Gasteiger partial charge in [0.1, 0.15) is 0 Å². The van der Waals surface area contributed by atoms with Crippen molar-refractivity contribution in [3.05, 3.63) is 0 Å². The monoisotopic (exact) mass is 197 g/mol. The van der Waals surface area contributed by atoms with Crippen LogP contribution in [0.2, 0.25) is 0 Å². The Kier molecular flexibility index (Phi) is 4.11. The van der Waals surface area contributed by atoms with Gasteiger partial charge in [-0.3, -0.25) is 4.79 Å². The smallest absolute Gasteiger partial charge is 0.152 e. The van der Waals surface area contributed by atoms with Crippen LogP contribution in [0.5, 0.6) is 0 Å². The molecule has 1 rings (SSSR count). The number of carbonyl (C=O) groups is 1. The Bertz CT molecular complexity index is 194. The quantitative estimate of drug-likeness (QED) is 0.733.